The summed E-state index contributed by atoms with van der Waals surface area (Å²) in [6, 6.07) is 0. The number of allylic oxidation sites excluding steroid dienone is 1. The number of rotatable bonds is 16. The Hall–Kier alpha value is -1.22. The zero-order valence-electron chi connectivity index (χ0n) is 43.0. The third-order valence-corrected chi connectivity index (χ3v) is 19.5. The molecule has 15 N–H and O–H groups in total. The second-order valence-corrected chi connectivity index (χ2v) is 23.8. The Morgan fingerprint density at radius 3 is 1.79 bits per heavy atom. The summed E-state index contributed by atoms with van der Waals surface area (Å²) in [5, 5.41) is 159. The number of hydrogen-bond acceptors (Lipinski definition) is 24. The normalized spacial score (nSPS) is 54.3. The van der Waals surface area contributed by atoms with Crippen molar-refractivity contribution in [3.05, 3.63) is 11.6 Å². The summed E-state index contributed by atoms with van der Waals surface area (Å²) in [6.07, 6.45) is -23.7. The van der Waals surface area contributed by atoms with Crippen LogP contribution in [0, 0.1) is 46.3 Å². The molecule has 0 aromatic heterocycles. The largest absolute Gasteiger partial charge is 0.394 e. The summed E-state index contributed by atoms with van der Waals surface area (Å²) < 4.78 is 53.4. The summed E-state index contributed by atoms with van der Waals surface area (Å²) in [6.45, 7) is 6.02. The van der Waals surface area contributed by atoms with Crippen molar-refractivity contribution in [2.45, 2.75) is 226 Å². The van der Waals surface area contributed by atoms with E-state index in [0.717, 1.165) is 32.1 Å². The van der Waals surface area contributed by atoms with Crippen molar-refractivity contribution in [1.29, 1.82) is 0 Å². The number of fused-ring (bicyclic) bond motifs is 7. The summed E-state index contributed by atoms with van der Waals surface area (Å²) in [5.41, 5.74) is 1.08. The van der Waals surface area contributed by atoms with Gasteiger partial charge in [-0.2, -0.15) is 0 Å². The van der Waals surface area contributed by atoms with Crippen LogP contribution in [0.1, 0.15) is 85.5 Å². The van der Waals surface area contributed by atoms with Gasteiger partial charge in [-0.05, 0) is 91.8 Å². The lowest BCUT2D eigenvalue weighted by atomic mass is 9.47. The van der Waals surface area contributed by atoms with E-state index >= 15 is 0 Å². The standard InChI is InChI=1S/C51H84O24/c1-20(19-67-45-40(63)36(59)33(56)28(15-52)69-45)7-12-51(66)21(2)32-27(75-51)14-26-24-6-5-22-13-23(8-10-49(22,3)25(24)9-11-50(26,32)4)68-46-42(65)39(62)43(31(18-55)72-46)73-48-44(38(61)35(58)30(17-54)71-48)74-47-41(64)37(60)34(57)29(16-53)70-47/h5,20-21,23-48,52-66H,6-19H2,1-4H3/t20?,21-,23-,24+,25-,26-,27-,28+,29+,30+,31+,32-,33+,34+,35+,36-,37-,38-,39+,40+,41+,42+,43+,44+,45+,46+,47-,48-,49-,50-,51?/m0/s1. The maximum absolute atomic E-state index is 12.1. The van der Waals surface area contributed by atoms with Crippen LogP contribution in [0.3, 0.4) is 0 Å². The van der Waals surface area contributed by atoms with Gasteiger partial charge in [0.05, 0.1) is 45.2 Å². The van der Waals surface area contributed by atoms with E-state index in [1.807, 2.05) is 6.92 Å². The Labute approximate surface area is 435 Å². The lowest BCUT2D eigenvalue weighted by molar-refractivity contribution is -0.390. The molecule has 0 spiro atoms. The molecule has 0 bridgehead atoms. The highest BCUT2D eigenvalue weighted by molar-refractivity contribution is 5.26. The van der Waals surface area contributed by atoms with Crippen LogP contribution in [0.25, 0.3) is 0 Å². The molecule has 3 saturated carbocycles. The van der Waals surface area contributed by atoms with Crippen molar-refractivity contribution in [1.82, 2.24) is 0 Å². The monoisotopic (exact) mass is 1080 g/mol. The van der Waals surface area contributed by atoms with Crippen LogP contribution in [0.15, 0.2) is 11.6 Å². The van der Waals surface area contributed by atoms with Gasteiger partial charge in [-0.1, -0.05) is 39.3 Å². The quantitative estimate of drug-likeness (QED) is 0.0655. The van der Waals surface area contributed by atoms with Gasteiger partial charge in [0.25, 0.3) is 0 Å². The van der Waals surface area contributed by atoms with E-state index in [0.29, 0.717) is 43.4 Å². The van der Waals surface area contributed by atoms with Crippen molar-refractivity contribution in [3.63, 3.8) is 0 Å². The number of aliphatic hydroxyl groups is 15. The molecule has 2 unspecified atom stereocenters. The molecule has 9 aliphatic rings. The first-order chi connectivity index (χ1) is 35.5. The van der Waals surface area contributed by atoms with E-state index in [2.05, 4.69) is 26.8 Å². The Bertz CT molecular complexity index is 1930. The van der Waals surface area contributed by atoms with Gasteiger partial charge >= 0.3 is 0 Å². The first-order valence-corrected chi connectivity index (χ1v) is 27.1. The molecule has 9 rings (SSSR count). The predicted molar refractivity (Wildman–Crippen MR) is 252 cm³/mol. The van der Waals surface area contributed by atoms with Crippen molar-refractivity contribution in [2.75, 3.05) is 33.0 Å². The Morgan fingerprint density at radius 1 is 0.613 bits per heavy atom. The molecule has 5 heterocycles. The smallest absolute Gasteiger partial charge is 0.187 e. The zero-order valence-corrected chi connectivity index (χ0v) is 43.0. The van der Waals surface area contributed by atoms with Crippen LogP contribution in [0.2, 0.25) is 0 Å². The van der Waals surface area contributed by atoms with Crippen LogP contribution < -0.4 is 0 Å². The van der Waals surface area contributed by atoms with Gasteiger partial charge in [-0.25, -0.2) is 0 Å². The Kier molecular flexibility index (Phi) is 17.9. The van der Waals surface area contributed by atoms with E-state index < -0.39 is 161 Å². The third-order valence-electron chi connectivity index (χ3n) is 19.5. The number of hydrogen-bond donors (Lipinski definition) is 15. The second-order valence-electron chi connectivity index (χ2n) is 23.8. The van der Waals surface area contributed by atoms with E-state index in [4.69, 9.17) is 42.6 Å². The molecule has 5 saturated heterocycles. The highest BCUT2D eigenvalue weighted by Crippen LogP contribution is 2.70. The SMILES string of the molecule is CC(CCC1(O)O[C@H]2C[C@H]3[C@@H]4CC=C5C[C@@H](O[C@@H]6O[C@H](CO)[C@@H](O[C@@H]7O[C@H](CO)[C@@H](O)[C@H](O)[C@H]7O[C@@H]7O[C@H](CO)[C@@H](O)[C@H](O)[C@H]7O)[C@H](O)[C@H]6O)CC[C@]5(C)[C@H]4CC[C@]3(C)[C@H]2[C@@H]1C)CO[C@@H]1O[C@H](CO)[C@@H](O)[C@H](O)[C@H]1O. The van der Waals surface area contributed by atoms with Gasteiger partial charge in [0.1, 0.15) is 97.7 Å². The first-order valence-electron chi connectivity index (χ1n) is 27.1. The van der Waals surface area contributed by atoms with E-state index in [1.165, 1.54) is 5.57 Å². The first kappa shape index (κ1) is 58.4. The molecule has 5 aliphatic heterocycles. The molecule has 0 radical (unpaired) electrons. The molecular formula is C51H84O24. The van der Waals surface area contributed by atoms with Crippen LogP contribution in [0.5, 0.6) is 0 Å². The molecule has 432 valence electrons. The second kappa shape index (κ2) is 23.0. The van der Waals surface area contributed by atoms with Crippen LogP contribution in [0.4, 0.5) is 0 Å². The summed E-state index contributed by atoms with van der Waals surface area (Å²) in [4.78, 5) is 0. The average Bonchev–Trinajstić information content (AvgIpc) is 3.83. The number of aliphatic hydroxyl groups excluding tert-OH is 14. The highest BCUT2D eigenvalue weighted by Gasteiger charge is 2.68. The van der Waals surface area contributed by atoms with Gasteiger partial charge in [0, 0.05) is 12.3 Å². The molecule has 31 atom stereocenters. The molecule has 75 heavy (non-hydrogen) atoms. The molecule has 0 aromatic rings. The molecule has 4 aliphatic carbocycles. The fourth-order valence-electron chi connectivity index (χ4n) is 15.0. The van der Waals surface area contributed by atoms with Gasteiger partial charge < -0.3 is 119 Å². The lowest BCUT2D eigenvalue weighted by Gasteiger charge is -2.58. The van der Waals surface area contributed by atoms with Gasteiger partial charge in [0.2, 0.25) is 0 Å². The van der Waals surface area contributed by atoms with Gasteiger partial charge in [0.15, 0.2) is 30.9 Å². The Morgan fingerprint density at radius 2 is 1.15 bits per heavy atom. The topological polar surface area (TPSA) is 387 Å². The van der Waals surface area contributed by atoms with E-state index in [1.54, 1.807) is 0 Å². The van der Waals surface area contributed by atoms with Crippen molar-refractivity contribution >= 4 is 0 Å². The predicted octanol–water partition coefficient (Wildman–Crippen LogP) is -4.03. The maximum atomic E-state index is 12.1. The zero-order chi connectivity index (χ0) is 54.2. The van der Waals surface area contributed by atoms with E-state index in [-0.39, 0.29) is 41.3 Å². The fourth-order valence-corrected chi connectivity index (χ4v) is 15.0. The minimum atomic E-state index is -1.92. The molecule has 0 aromatic carbocycles. The third kappa shape index (κ3) is 10.6. The molecule has 24 heteroatoms. The fraction of sp³-hybridized carbons (Fsp3) is 0.961. The molecular weight excluding hydrogens is 997 g/mol. The number of ether oxygens (including phenoxy) is 9. The van der Waals surface area contributed by atoms with Crippen LogP contribution >= 0.6 is 0 Å². The summed E-state index contributed by atoms with van der Waals surface area (Å²) >= 11 is 0. The molecule has 8 fully saturated rings. The molecule has 0 amide bonds. The van der Waals surface area contributed by atoms with Crippen molar-refractivity contribution < 1.29 is 119 Å². The van der Waals surface area contributed by atoms with E-state index in [9.17, 15) is 76.6 Å². The Balaban J connectivity index is 0.798. The van der Waals surface area contributed by atoms with Crippen molar-refractivity contribution in [3.8, 4) is 0 Å². The van der Waals surface area contributed by atoms with Gasteiger partial charge in [-0.3, -0.25) is 0 Å². The minimum absolute atomic E-state index is 0.0569. The minimum Gasteiger partial charge on any atom is -0.394 e. The van der Waals surface area contributed by atoms with Crippen molar-refractivity contribution in [2.24, 2.45) is 46.3 Å². The maximum Gasteiger partial charge on any atom is 0.187 e. The summed E-state index contributed by atoms with van der Waals surface area (Å²) in [5.74, 6) is -0.225. The van der Waals surface area contributed by atoms with Crippen LogP contribution in [-0.2, 0) is 42.6 Å². The highest BCUT2D eigenvalue weighted by atomic mass is 16.8. The van der Waals surface area contributed by atoms with Gasteiger partial charge in [-0.15, -0.1) is 0 Å². The lowest BCUT2D eigenvalue weighted by Crippen LogP contribution is -2.67. The summed E-state index contributed by atoms with van der Waals surface area (Å²) in [7, 11) is 0. The molecule has 24 nitrogen and oxygen atoms in total. The van der Waals surface area contributed by atoms with Crippen LogP contribution in [-0.4, -0.2) is 250 Å². The average molecular weight is 1080 g/mol.